The van der Waals surface area contributed by atoms with Gasteiger partial charge in [-0.25, -0.2) is 13.4 Å². The van der Waals surface area contributed by atoms with Crippen LogP contribution in [0.25, 0.3) is 0 Å². The average molecular weight is 447 g/mol. The van der Waals surface area contributed by atoms with Crippen LogP contribution >= 0.6 is 15.9 Å². The van der Waals surface area contributed by atoms with E-state index in [2.05, 4.69) is 25.6 Å². The number of carbonyl (C=O) groups is 1. The molecule has 2 aromatic carbocycles. The van der Waals surface area contributed by atoms with E-state index in [0.29, 0.717) is 16.0 Å². The molecule has 0 radical (unpaired) electrons. The topological polar surface area (TPSA) is 85.4 Å². The van der Waals surface area contributed by atoms with Gasteiger partial charge in [0.2, 0.25) is 0 Å². The van der Waals surface area contributed by atoms with Gasteiger partial charge < -0.3 is 4.74 Å². The summed E-state index contributed by atoms with van der Waals surface area (Å²) >= 11 is 3.24. The van der Waals surface area contributed by atoms with E-state index in [-0.39, 0.29) is 22.1 Å². The first kappa shape index (κ1) is 19.1. The van der Waals surface area contributed by atoms with Gasteiger partial charge in [-0.2, -0.15) is 0 Å². The fourth-order valence-electron chi connectivity index (χ4n) is 2.26. The number of aromatic nitrogens is 1. The predicted molar refractivity (Wildman–Crippen MR) is 106 cm³/mol. The van der Waals surface area contributed by atoms with Crippen LogP contribution in [0.15, 0.2) is 76.2 Å². The van der Waals surface area contributed by atoms with Crippen LogP contribution < -0.4 is 9.46 Å². The first-order valence-electron chi connectivity index (χ1n) is 7.87. The molecule has 3 aromatic rings. The number of sulfonamides is 1. The van der Waals surface area contributed by atoms with E-state index >= 15 is 0 Å². The monoisotopic (exact) mass is 446 g/mol. The van der Waals surface area contributed by atoms with Crippen LogP contribution in [-0.2, 0) is 10.0 Å². The maximum Gasteiger partial charge on any atom is 0.263 e. The summed E-state index contributed by atoms with van der Waals surface area (Å²) < 4.78 is 33.7. The van der Waals surface area contributed by atoms with Crippen LogP contribution in [0.3, 0.4) is 0 Å². The maximum absolute atomic E-state index is 12.6. The SMILES string of the molecule is CC(=O)c1cc(S(=O)(=O)Nc2ccc(Oc3ccccc3)cn2)ccc1Br. The summed E-state index contributed by atoms with van der Waals surface area (Å²) in [4.78, 5) is 15.7. The zero-order valence-electron chi connectivity index (χ0n) is 14.2. The van der Waals surface area contributed by atoms with Crippen molar-refractivity contribution in [2.24, 2.45) is 0 Å². The second-order valence-electron chi connectivity index (χ2n) is 5.60. The summed E-state index contributed by atoms with van der Waals surface area (Å²) in [6, 6.07) is 16.5. The zero-order chi connectivity index (χ0) is 19.4. The van der Waals surface area contributed by atoms with Crippen molar-refractivity contribution < 1.29 is 17.9 Å². The quantitative estimate of drug-likeness (QED) is 0.557. The molecule has 1 heterocycles. The molecule has 0 saturated carbocycles. The van der Waals surface area contributed by atoms with E-state index in [1.807, 2.05) is 18.2 Å². The summed E-state index contributed by atoms with van der Waals surface area (Å²) in [6.45, 7) is 1.37. The first-order chi connectivity index (χ1) is 12.8. The maximum atomic E-state index is 12.6. The normalized spacial score (nSPS) is 11.0. The number of halogens is 1. The number of hydrogen-bond acceptors (Lipinski definition) is 5. The van der Waals surface area contributed by atoms with Gasteiger partial charge in [0.15, 0.2) is 5.78 Å². The summed E-state index contributed by atoms with van der Waals surface area (Å²) in [5.74, 6) is 1.04. The molecule has 3 rings (SSSR count). The van der Waals surface area contributed by atoms with E-state index < -0.39 is 10.0 Å². The number of ether oxygens (including phenoxy) is 1. The number of pyridine rings is 1. The fourth-order valence-corrected chi connectivity index (χ4v) is 3.82. The smallest absolute Gasteiger partial charge is 0.263 e. The van der Waals surface area contributed by atoms with E-state index in [1.54, 1.807) is 18.2 Å². The molecule has 0 amide bonds. The number of ketones is 1. The highest BCUT2D eigenvalue weighted by atomic mass is 79.9. The average Bonchev–Trinajstić information content (AvgIpc) is 2.64. The lowest BCUT2D eigenvalue weighted by atomic mass is 10.1. The van der Waals surface area contributed by atoms with Gasteiger partial charge in [-0.15, -0.1) is 0 Å². The molecule has 27 heavy (non-hydrogen) atoms. The number of para-hydroxylation sites is 1. The van der Waals surface area contributed by atoms with Crippen LogP contribution in [0.1, 0.15) is 17.3 Å². The molecule has 0 atom stereocenters. The van der Waals surface area contributed by atoms with Crippen LogP contribution in [-0.4, -0.2) is 19.2 Å². The van der Waals surface area contributed by atoms with Crippen LogP contribution in [0.2, 0.25) is 0 Å². The molecule has 0 bridgehead atoms. The van der Waals surface area contributed by atoms with Crippen molar-refractivity contribution in [3.8, 4) is 11.5 Å². The van der Waals surface area contributed by atoms with Gasteiger partial charge in [0.05, 0.1) is 11.1 Å². The Morgan fingerprint density at radius 2 is 1.78 bits per heavy atom. The minimum atomic E-state index is -3.88. The van der Waals surface area contributed by atoms with Gasteiger partial charge >= 0.3 is 0 Å². The Labute approximate surface area is 165 Å². The van der Waals surface area contributed by atoms with Crippen molar-refractivity contribution in [3.63, 3.8) is 0 Å². The highest BCUT2D eigenvalue weighted by molar-refractivity contribution is 9.10. The second-order valence-corrected chi connectivity index (χ2v) is 8.13. The molecule has 1 aromatic heterocycles. The number of anilines is 1. The highest BCUT2D eigenvalue weighted by Crippen LogP contribution is 2.24. The largest absolute Gasteiger partial charge is 0.456 e. The molecule has 0 aliphatic carbocycles. The Kier molecular flexibility index (Phi) is 5.57. The van der Waals surface area contributed by atoms with Crippen molar-refractivity contribution in [1.29, 1.82) is 0 Å². The highest BCUT2D eigenvalue weighted by Gasteiger charge is 2.18. The van der Waals surface area contributed by atoms with E-state index in [4.69, 9.17) is 4.74 Å². The first-order valence-corrected chi connectivity index (χ1v) is 10.1. The lowest BCUT2D eigenvalue weighted by Crippen LogP contribution is -2.14. The van der Waals surface area contributed by atoms with Gasteiger partial charge in [0.1, 0.15) is 17.3 Å². The molecule has 8 heteroatoms. The van der Waals surface area contributed by atoms with E-state index in [0.717, 1.165) is 0 Å². The third kappa shape index (κ3) is 4.72. The van der Waals surface area contributed by atoms with Gasteiger partial charge in [0, 0.05) is 10.0 Å². The molecular weight excluding hydrogens is 432 g/mol. The van der Waals surface area contributed by atoms with Gasteiger partial charge in [0.25, 0.3) is 10.0 Å². The van der Waals surface area contributed by atoms with Crippen LogP contribution in [0.5, 0.6) is 11.5 Å². The van der Waals surface area contributed by atoms with Gasteiger partial charge in [-0.1, -0.05) is 34.1 Å². The van der Waals surface area contributed by atoms with Crippen LogP contribution in [0, 0.1) is 0 Å². The number of benzene rings is 2. The molecule has 0 saturated heterocycles. The number of nitrogens with zero attached hydrogens (tertiary/aromatic N) is 1. The van der Waals surface area contributed by atoms with Gasteiger partial charge in [-0.05, 0) is 49.4 Å². The summed E-state index contributed by atoms with van der Waals surface area (Å²) in [5.41, 5.74) is 0.289. The molecule has 138 valence electrons. The lowest BCUT2D eigenvalue weighted by molar-refractivity contribution is 0.101. The number of nitrogens with one attached hydrogen (secondary N) is 1. The Bertz CT molecular complexity index is 1070. The molecule has 0 spiro atoms. The molecule has 1 N–H and O–H groups in total. The van der Waals surface area contributed by atoms with Crippen molar-refractivity contribution in [2.45, 2.75) is 11.8 Å². The summed E-state index contributed by atoms with van der Waals surface area (Å²) in [7, 11) is -3.88. The summed E-state index contributed by atoms with van der Waals surface area (Å²) in [5, 5.41) is 0. The van der Waals surface area contributed by atoms with Crippen molar-refractivity contribution in [3.05, 3.63) is 76.9 Å². The molecule has 6 nitrogen and oxygen atoms in total. The predicted octanol–water partition coefficient (Wildman–Crippen LogP) is 4.64. The lowest BCUT2D eigenvalue weighted by Gasteiger charge is -2.10. The van der Waals surface area contributed by atoms with Crippen LogP contribution in [0.4, 0.5) is 5.82 Å². The Morgan fingerprint density at radius 1 is 1.04 bits per heavy atom. The molecular formula is C19H15BrN2O4S. The fraction of sp³-hybridized carbons (Fsp3) is 0.0526. The van der Waals surface area contributed by atoms with Gasteiger partial charge in [-0.3, -0.25) is 9.52 Å². The number of Topliss-reactive ketones (excluding diaryl/α,β-unsaturated/α-hetero) is 1. The number of carbonyl (C=O) groups excluding carboxylic acids is 1. The molecule has 0 aliphatic rings. The standard InChI is InChI=1S/C19H15BrN2O4S/c1-13(23)17-11-16(8-9-18(17)20)27(24,25)22-19-10-7-15(12-21-19)26-14-5-3-2-4-6-14/h2-12H,1H3,(H,21,22). The Balaban J connectivity index is 1.78. The van der Waals surface area contributed by atoms with Crippen molar-refractivity contribution in [1.82, 2.24) is 4.98 Å². The Morgan fingerprint density at radius 3 is 2.41 bits per heavy atom. The second kappa shape index (κ2) is 7.89. The van der Waals surface area contributed by atoms with Crippen molar-refractivity contribution in [2.75, 3.05) is 4.72 Å². The minimum Gasteiger partial charge on any atom is -0.456 e. The van der Waals surface area contributed by atoms with E-state index in [9.17, 15) is 13.2 Å². The number of hydrogen-bond donors (Lipinski definition) is 1. The summed E-state index contributed by atoms with van der Waals surface area (Å²) in [6.07, 6.45) is 1.42. The van der Waals surface area contributed by atoms with Crippen molar-refractivity contribution >= 4 is 37.6 Å². The minimum absolute atomic E-state index is 0.0256. The third-order valence-corrected chi connectivity index (χ3v) is 5.63. The third-order valence-electron chi connectivity index (χ3n) is 3.58. The molecule has 0 unspecified atom stereocenters. The Hall–Kier alpha value is -2.71. The molecule has 0 fully saturated rings. The number of rotatable bonds is 6. The molecule has 0 aliphatic heterocycles. The zero-order valence-corrected chi connectivity index (χ0v) is 16.6. The van der Waals surface area contributed by atoms with E-state index in [1.165, 1.54) is 37.4 Å².